The minimum Gasteiger partial charge on any atom is -0.462 e. The maximum Gasteiger partial charge on any atom is 0.330 e. The highest BCUT2D eigenvalue weighted by Crippen LogP contribution is 2.14. The second-order valence-corrected chi connectivity index (χ2v) is 9.19. The van der Waals surface area contributed by atoms with Gasteiger partial charge in [-0.15, -0.1) is 0 Å². The van der Waals surface area contributed by atoms with Gasteiger partial charge in [-0.25, -0.2) is 4.79 Å². The number of carbonyl (C=O) groups is 1. The molecule has 0 radical (unpaired) electrons. The van der Waals surface area contributed by atoms with Crippen molar-refractivity contribution in [3.63, 3.8) is 0 Å². The van der Waals surface area contributed by atoms with Gasteiger partial charge >= 0.3 is 5.97 Å². The lowest BCUT2D eigenvalue weighted by atomic mass is 10.0. The van der Waals surface area contributed by atoms with Gasteiger partial charge in [-0.2, -0.15) is 0 Å². The Bertz CT molecular complexity index is 375. The van der Waals surface area contributed by atoms with Crippen LogP contribution in [0.2, 0.25) is 0 Å². The van der Waals surface area contributed by atoms with E-state index in [0.29, 0.717) is 12.5 Å². The summed E-state index contributed by atoms with van der Waals surface area (Å²) < 4.78 is 5.40. The number of rotatable bonds is 23. The molecule has 0 saturated heterocycles. The van der Waals surface area contributed by atoms with Crippen LogP contribution in [0.1, 0.15) is 149 Å². The number of hydrogen-bond donors (Lipinski definition) is 0. The van der Waals surface area contributed by atoms with E-state index in [9.17, 15) is 4.79 Å². The topological polar surface area (TPSA) is 26.3 Å². The molecular formula is C28H54O2. The van der Waals surface area contributed by atoms with Crippen LogP contribution >= 0.6 is 0 Å². The molecule has 30 heavy (non-hydrogen) atoms. The van der Waals surface area contributed by atoms with Crippen molar-refractivity contribution in [1.29, 1.82) is 0 Å². The maximum absolute atomic E-state index is 11.8. The number of carbonyl (C=O) groups excluding carboxylic acids is 1. The molecule has 1 unspecified atom stereocenters. The van der Waals surface area contributed by atoms with E-state index in [0.717, 1.165) is 12.8 Å². The molecule has 1 atom stereocenters. The number of hydrogen-bond acceptors (Lipinski definition) is 2. The first kappa shape index (κ1) is 29.2. The van der Waals surface area contributed by atoms with Crippen molar-refractivity contribution in [3.8, 4) is 0 Å². The highest BCUT2D eigenvalue weighted by molar-refractivity contribution is 5.81. The Morgan fingerprint density at radius 3 is 1.60 bits per heavy atom. The van der Waals surface area contributed by atoms with E-state index in [1.165, 1.54) is 116 Å². The first-order valence-electron chi connectivity index (χ1n) is 13.6. The Hall–Kier alpha value is -0.790. The average molecular weight is 423 g/mol. The van der Waals surface area contributed by atoms with E-state index >= 15 is 0 Å². The van der Waals surface area contributed by atoms with Gasteiger partial charge in [0, 0.05) is 6.08 Å². The molecule has 0 saturated carbocycles. The standard InChI is InChI=1S/C28H54O2/c1-4-7-9-10-11-12-13-14-15-16-17-18-19-20-21-22-23-25-28(29)30-26-27(6-3)24-8-5-2/h23,25,27H,4-22,24,26H2,1-3H3. The zero-order valence-electron chi connectivity index (χ0n) is 20.9. The van der Waals surface area contributed by atoms with Crippen molar-refractivity contribution < 1.29 is 9.53 Å². The molecule has 0 aliphatic heterocycles. The van der Waals surface area contributed by atoms with Crippen molar-refractivity contribution in [2.24, 2.45) is 5.92 Å². The van der Waals surface area contributed by atoms with E-state index in [1.54, 1.807) is 6.08 Å². The van der Waals surface area contributed by atoms with Crippen molar-refractivity contribution in [3.05, 3.63) is 12.2 Å². The second-order valence-electron chi connectivity index (χ2n) is 9.19. The van der Waals surface area contributed by atoms with Crippen LogP contribution in [-0.4, -0.2) is 12.6 Å². The summed E-state index contributed by atoms with van der Waals surface area (Å²) in [4.78, 5) is 11.8. The molecule has 0 fully saturated rings. The lowest BCUT2D eigenvalue weighted by Crippen LogP contribution is -2.12. The number of ether oxygens (including phenoxy) is 1. The van der Waals surface area contributed by atoms with Gasteiger partial charge in [-0.05, 0) is 25.2 Å². The fraction of sp³-hybridized carbons (Fsp3) is 0.893. The molecule has 0 aromatic rings. The summed E-state index contributed by atoms with van der Waals surface area (Å²) in [5.41, 5.74) is 0. The summed E-state index contributed by atoms with van der Waals surface area (Å²) in [5.74, 6) is 0.365. The molecule has 0 aliphatic rings. The van der Waals surface area contributed by atoms with Crippen LogP contribution in [0.25, 0.3) is 0 Å². The van der Waals surface area contributed by atoms with Crippen molar-refractivity contribution >= 4 is 5.97 Å². The van der Waals surface area contributed by atoms with E-state index in [2.05, 4.69) is 20.8 Å². The summed E-state index contributed by atoms with van der Waals surface area (Å²) in [5, 5.41) is 0. The SMILES string of the molecule is CCCCCCCCCCCCCCCCCC=CC(=O)OCC(CC)CCCC. The van der Waals surface area contributed by atoms with Gasteiger partial charge in [0.25, 0.3) is 0 Å². The van der Waals surface area contributed by atoms with Gasteiger partial charge in [-0.1, -0.05) is 136 Å². The molecule has 0 aromatic heterocycles. The molecular weight excluding hydrogens is 368 g/mol. The number of esters is 1. The summed E-state index contributed by atoms with van der Waals surface area (Å²) in [7, 11) is 0. The molecule has 2 nitrogen and oxygen atoms in total. The first-order valence-corrected chi connectivity index (χ1v) is 13.6. The second kappa shape index (κ2) is 24.5. The molecule has 0 aliphatic carbocycles. The highest BCUT2D eigenvalue weighted by Gasteiger charge is 2.08. The minimum atomic E-state index is -0.161. The predicted octanol–water partition coefficient (Wildman–Crippen LogP) is 9.56. The van der Waals surface area contributed by atoms with E-state index < -0.39 is 0 Å². The Balaban J connectivity index is 3.34. The minimum absolute atomic E-state index is 0.161. The van der Waals surface area contributed by atoms with Crippen LogP contribution < -0.4 is 0 Å². The quantitative estimate of drug-likeness (QED) is 0.0930. The van der Waals surface area contributed by atoms with Crippen LogP contribution in [0.15, 0.2) is 12.2 Å². The average Bonchev–Trinajstić information content (AvgIpc) is 2.76. The van der Waals surface area contributed by atoms with Crippen molar-refractivity contribution in [2.75, 3.05) is 6.61 Å². The third kappa shape index (κ3) is 21.9. The number of allylic oxidation sites excluding steroid dienone is 1. The normalized spacial score (nSPS) is 12.5. The fourth-order valence-electron chi connectivity index (χ4n) is 3.96. The third-order valence-corrected chi connectivity index (χ3v) is 6.23. The van der Waals surface area contributed by atoms with E-state index in [4.69, 9.17) is 4.74 Å². The van der Waals surface area contributed by atoms with E-state index in [1.807, 2.05) is 6.08 Å². The molecule has 0 bridgehead atoms. The molecule has 0 rings (SSSR count). The fourth-order valence-corrected chi connectivity index (χ4v) is 3.96. The maximum atomic E-state index is 11.8. The van der Waals surface area contributed by atoms with Crippen LogP contribution in [0.5, 0.6) is 0 Å². The van der Waals surface area contributed by atoms with Crippen LogP contribution in [0.3, 0.4) is 0 Å². The van der Waals surface area contributed by atoms with Gasteiger partial charge in [-0.3, -0.25) is 0 Å². The number of unbranched alkanes of at least 4 members (excludes halogenated alkanes) is 16. The summed E-state index contributed by atoms with van der Waals surface area (Å²) in [6.07, 6.45) is 30.2. The molecule has 0 N–H and O–H groups in total. The molecule has 0 aromatic carbocycles. The summed E-state index contributed by atoms with van der Waals surface area (Å²) >= 11 is 0. The molecule has 2 heteroatoms. The van der Waals surface area contributed by atoms with Crippen LogP contribution in [0, 0.1) is 5.92 Å². The molecule has 178 valence electrons. The van der Waals surface area contributed by atoms with Crippen LogP contribution in [0.4, 0.5) is 0 Å². The lowest BCUT2D eigenvalue weighted by molar-refractivity contribution is -0.139. The first-order chi connectivity index (χ1) is 14.7. The van der Waals surface area contributed by atoms with Crippen molar-refractivity contribution in [1.82, 2.24) is 0 Å². The molecule has 0 heterocycles. The Morgan fingerprint density at radius 1 is 0.667 bits per heavy atom. The summed E-state index contributed by atoms with van der Waals surface area (Å²) in [6.45, 7) is 7.26. The largest absolute Gasteiger partial charge is 0.462 e. The van der Waals surface area contributed by atoms with Gasteiger partial charge in [0.05, 0.1) is 6.61 Å². The molecule has 0 amide bonds. The Labute approximate surface area is 189 Å². The van der Waals surface area contributed by atoms with Crippen LogP contribution in [-0.2, 0) is 9.53 Å². The summed E-state index contributed by atoms with van der Waals surface area (Å²) in [6, 6.07) is 0. The van der Waals surface area contributed by atoms with Gasteiger partial charge in [0.15, 0.2) is 0 Å². The third-order valence-electron chi connectivity index (χ3n) is 6.23. The van der Waals surface area contributed by atoms with Gasteiger partial charge in [0.1, 0.15) is 0 Å². The van der Waals surface area contributed by atoms with E-state index in [-0.39, 0.29) is 5.97 Å². The van der Waals surface area contributed by atoms with Gasteiger partial charge in [0.2, 0.25) is 0 Å². The predicted molar refractivity (Wildman–Crippen MR) is 133 cm³/mol. The smallest absolute Gasteiger partial charge is 0.330 e. The van der Waals surface area contributed by atoms with Gasteiger partial charge < -0.3 is 4.74 Å². The van der Waals surface area contributed by atoms with Crippen molar-refractivity contribution in [2.45, 2.75) is 149 Å². The molecule has 0 spiro atoms. The zero-order valence-corrected chi connectivity index (χ0v) is 20.9. The lowest BCUT2D eigenvalue weighted by Gasteiger charge is -2.13. The Kier molecular flexibility index (Phi) is 23.8. The highest BCUT2D eigenvalue weighted by atomic mass is 16.5. The monoisotopic (exact) mass is 422 g/mol. The zero-order chi connectivity index (χ0) is 22.1. The Morgan fingerprint density at radius 2 is 1.13 bits per heavy atom.